The Kier molecular flexibility index (Phi) is 9.25. The highest BCUT2D eigenvalue weighted by molar-refractivity contribution is 6.05. The Morgan fingerprint density at radius 1 is 0.884 bits per heavy atom. The van der Waals surface area contributed by atoms with Crippen molar-refractivity contribution < 1.29 is 19.1 Å². The average molecular weight is 579 g/mol. The summed E-state index contributed by atoms with van der Waals surface area (Å²) < 4.78 is 10.9. The molecule has 43 heavy (non-hydrogen) atoms. The summed E-state index contributed by atoms with van der Waals surface area (Å²) in [5, 5.41) is 12.8. The molecule has 1 amide bonds. The lowest BCUT2D eigenvalue weighted by atomic mass is 9.90. The minimum atomic E-state index is -0.450. The van der Waals surface area contributed by atoms with E-state index in [1.165, 1.54) is 11.1 Å². The molecule has 1 aliphatic heterocycles. The van der Waals surface area contributed by atoms with E-state index in [4.69, 9.17) is 9.47 Å². The number of pyridine rings is 1. The molecule has 3 aromatic carbocycles. The first-order valence-electron chi connectivity index (χ1n) is 15.2. The first-order valence-corrected chi connectivity index (χ1v) is 15.2. The summed E-state index contributed by atoms with van der Waals surface area (Å²) in [6.07, 6.45) is 10.0. The SMILES string of the molecule is O=C(Nc1cccc(CNC2CCC(Nc3cccc4cnccc34)CC2)c1)c1cccc(C(=O)OCC2CCCO2)c1. The number of amides is 1. The number of rotatable bonds is 10. The number of carbonyl (C=O) groups is 2. The molecule has 2 fully saturated rings. The molecule has 6 rings (SSSR count). The predicted octanol–water partition coefficient (Wildman–Crippen LogP) is 6.34. The van der Waals surface area contributed by atoms with Crippen molar-refractivity contribution in [3.63, 3.8) is 0 Å². The molecule has 8 heteroatoms. The number of esters is 1. The van der Waals surface area contributed by atoms with Crippen molar-refractivity contribution >= 4 is 34.0 Å². The van der Waals surface area contributed by atoms with Gasteiger partial charge in [-0.3, -0.25) is 9.78 Å². The monoisotopic (exact) mass is 578 g/mol. The van der Waals surface area contributed by atoms with Gasteiger partial charge in [-0.25, -0.2) is 4.79 Å². The maximum Gasteiger partial charge on any atom is 0.338 e. The van der Waals surface area contributed by atoms with Gasteiger partial charge in [0.1, 0.15) is 6.61 Å². The molecule has 2 aliphatic rings. The van der Waals surface area contributed by atoms with Gasteiger partial charge in [0, 0.05) is 65.3 Å². The molecule has 3 N–H and O–H groups in total. The molecule has 1 aromatic heterocycles. The number of anilines is 2. The van der Waals surface area contributed by atoms with E-state index in [1.54, 1.807) is 24.3 Å². The largest absolute Gasteiger partial charge is 0.459 e. The number of ether oxygens (including phenoxy) is 2. The number of aromatic nitrogens is 1. The van der Waals surface area contributed by atoms with Crippen LogP contribution in [0.2, 0.25) is 0 Å². The van der Waals surface area contributed by atoms with E-state index in [0.29, 0.717) is 35.5 Å². The van der Waals surface area contributed by atoms with Crippen molar-refractivity contribution in [3.8, 4) is 0 Å². The van der Waals surface area contributed by atoms with Crippen molar-refractivity contribution in [1.29, 1.82) is 0 Å². The van der Waals surface area contributed by atoms with E-state index in [1.807, 2.05) is 30.6 Å². The zero-order chi connectivity index (χ0) is 29.4. The number of benzene rings is 3. The fourth-order valence-electron chi connectivity index (χ4n) is 5.95. The molecule has 1 unspecified atom stereocenters. The quantitative estimate of drug-likeness (QED) is 0.189. The maximum absolute atomic E-state index is 13.0. The minimum Gasteiger partial charge on any atom is -0.459 e. The molecule has 0 radical (unpaired) electrons. The minimum absolute atomic E-state index is 0.0388. The van der Waals surface area contributed by atoms with Gasteiger partial charge in [-0.05, 0) is 86.6 Å². The molecule has 1 aliphatic carbocycles. The molecule has 0 bridgehead atoms. The van der Waals surface area contributed by atoms with E-state index in [-0.39, 0.29) is 18.6 Å². The maximum atomic E-state index is 13.0. The third-order valence-corrected chi connectivity index (χ3v) is 8.33. The predicted molar refractivity (Wildman–Crippen MR) is 168 cm³/mol. The van der Waals surface area contributed by atoms with E-state index in [0.717, 1.165) is 56.0 Å². The molecular weight excluding hydrogens is 540 g/mol. The molecular formula is C35H38N4O4. The van der Waals surface area contributed by atoms with Crippen LogP contribution in [0.15, 0.2) is 85.2 Å². The third-order valence-electron chi connectivity index (χ3n) is 8.33. The number of hydrogen-bond acceptors (Lipinski definition) is 7. The number of hydrogen-bond donors (Lipinski definition) is 3. The summed E-state index contributed by atoms with van der Waals surface area (Å²) in [6.45, 7) is 1.67. The second kappa shape index (κ2) is 13.8. The summed E-state index contributed by atoms with van der Waals surface area (Å²) in [6, 6.07) is 23.8. The van der Waals surface area contributed by atoms with Crippen LogP contribution in [0.1, 0.15) is 64.8 Å². The molecule has 8 nitrogen and oxygen atoms in total. The van der Waals surface area contributed by atoms with Crippen molar-refractivity contribution in [2.45, 2.75) is 63.3 Å². The third kappa shape index (κ3) is 7.58. The highest BCUT2D eigenvalue weighted by atomic mass is 16.6. The van der Waals surface area contributed by atoms with Crippen molar-refractivity contribution in [2.75, 3.05) is 23.8 Å². The van der Waals surface area contributed by atoms with Crippen LogP contribution in [-0.4, -0.2) is 48.3 Å². The normalized spacial score (nSPS) is 20.0. The van der Waals surface area contributed by atoms with Crippen molar-refractivity contribution in [2.24, 2.45) is 0 Å². The second-order valence-electron chi connectivity index (χ2n) is 11.4. The van der Waals surface area contributed by atoms with Crippen molar-refractivity contribution in [1.82, 2.24) is 10.3 Å². The Balaban J connectivity index is 0.972. The van der Waals surface area contributed by atoms with Crippen LogP contribution in [0.25, 0.3) is 10.8 Å². The summed E-state index contributed by atoms with van der Waals surface area (Å²) in [5.41, 5.74) is 3.75. The molecule has 1 saturated heterocycles. The zero-order valence-corrected chi connectivity index (χ0v) is 24.3. The second-order valence-corrected chi connectivity index (χ2v) is 11.4. The fourth-order valence-corrected chi connectivity index (χ4v) is 5.95. The number of fused-ring (bicyclic) bond motifs is 1. The smallest absolute Gasteiger partial charge is 0.338 e. The van der Waals surface area contributed by atoms with Crippen LogP contribution in [-0.2, 0) is 16.0 Å². The summed E-state index contributed by atoms with van der Waals surface area (Å²) in [5.74, 6) is -0.721. The molecule has 1 atom stereocenters. The van der Waals surface area contributed by atoms with Crippen LogP contribution >= 0.6 is 0 Å². The topological polar surface area (TPSA) is 102 Å². The molecule has 2 heterocycles. The highest BCUT2D eigenvalue weighted by Crippen LogP contribution is 2.27. The number of carbonyl (C=O) groups excluding carboxylic acids is 2. The van der Waals surface area contributed by atoms with Crippen LogP contribution in [0, 0.1) is 0 Å². The van der Waals surface area contributed by atoms with Crippen LogP contribution in [0.5, 0.6) is 0 Å². The fraction of sp³-hybridized carbons (Fsp3) is 0.343. The lowest BCUT2D eigenvalue weighted by Crippen LogP contribution is -2.36. The highest BCUT2D eigenvalue weighted by Gasteiger charge is 2.22. The van der Waals surface area contributed by atoms with E-state index >= 15 is 0 Å². The van der Waals surface area contributed by atoms with E-state index in [2.05, 4.69) is 51.3 Å². The van der Waals surface area contributed by atoms with Gasteiger partial charge in [0.2, 0.25) is 0 Å². The van der Waals surface area contributed by atoms with Crippen LogP contribution < -0.4 is 16.0 Å². The van der Waals surface area contributed by atoms with Crippen molar-refractivity contribution in [3.05, 3.63) is 102 Å². The lowest BCUT2D eigenvalue weighted by molar-refractivity contribution is 0.0161. The summed E-state index contributed by atoms with van der Waals surface area (Å²) >= 11 is 0. The van der Waals surface area contributed by atoms with E-state index in [9.17, 15) is 9.59 Å². The molecule has 0 spiro atoms. The van der Waals surface area contributed by atoms with Gasteiger partial charge < -0.3 is 25.4 Å². The zero-order valence-electron chi connectivity index (χ0n) is 24.3. The van der Waals surface area contributed by atoms with Crippen LogP contribution in [0.4, 0.5) is 11.4 Å². The van der Waals surface area contributed by atoms with Gasteiger partial charge in [0.05, 0.1) is 11.7 Å². The summed E-state index contributed by atoms with van der Waals surface area (Å²) in [4.78, 5) is 29.7. The number of nitrogens with one attached hydrogen (secondary N) is 3. The van der Waals surface area contributed by atoms with Gasteiger partial charge in [-0.1, -0.05) is 30.3 Å². The Hall–Kier alpha value is -4.27. The Labute approximate surface area is 252 Å². The standard InChI is InChI=1S/C35H38N4O4/c40-34(25-6-2-7-26(20-25)35(41)43-23-31-10-4-18-42-31)39-30-9-1-5-24(19-30)21-37-28-12-14-29(15-13-28)38-33-11-3-8-27-22-36-17-16-32(27)33/h1-3,5-9,11,16-17,19-20,22,28-29,31,37-38H,4,10,12-15,18,21,23H2,(H,39,40). The molecule has 4 aromatic rings. The molecule has 222 valence electrons. The van der Waals surface area contributed by atoms with Gasteiger partial charge in [0.25, 0.3) is 5.91 Å². The molecule has 1 saturated carbocycles. The number of nitrogens with zero attached hydrogens (tertiary/aromatic N) is 1. The lowest BCUT2D eigenvalue weighted by Gasteiger charge is -2.30. The first-order chi connectivity index (χ1) is 21.1. The summed E-state index contributed by atoms with van der Waals surface area (Å²) in [7, 11) is 0. The Bertz CT molecular complexity index is 1560. The van der Waals surface area contributed by atoms with Gasteiger partial charge in [0.15, 0.2) is 0 Å². The van der Waals surface area contributed by atoms with Gasteiger partial charge in [-0.15, -0.1) is 0 Å². The van der Waals surface area contributed by atoms with E-state index < -0.39 is 5.97 Å². The Morgan fingerprint density at radius 2 is 1.70 bits per heavy atom. The average Bonchev–Trinajstić information content (AvgIpc) is 3.58. The van der Waals surface area contributed by atoms with Crippen LogP contribution in [0.3, 0.4) is 0 Å². The Morgan fingerprint density at radius 3 is 2.56 bits per heavy atom. The van der Waals surface area contributed by atoms with Gasteiger partial charge >= 0.3 is 5.97 Å². The van der Waals surface area contributed by atoms with Gasteiger partial charge in [-0.2, -0.15) is 0 Å². The first kappa shape index (κ1) is 28.8.